The molecule has 3 rings (SSSR count). The lowest BCUT2D eigenvalue weighted by Crippen LogP contribution is -2.47. The number of piperazine rings is 1. The van der Waals surface area contributed by atoms with Crippen LogP contribution in [0.1, 0.15) is 17.3 Å². The van der Waals surface area contributed by atoms with E-state index in [-0.39, 0.29) is 5.97 Å². The number of hydrogen-bond acceptors (Lipinski definition) is 7. The van der Waals surface area contributed by atoms with Crippen molar-refractivity contribution in [3.8, 4) is 0 Å². The molecule has 0 unspecified atom stereocenters. The molecule has 2 aromatic rings. The molecular weight excluding hydrogens is 380 g/mol. The lowest BCUT2D eigenvalue weighted by molar-refractivity contribution is 0.0351. The van der Waals surface area contributed by atoms with Crippen LogP contribution in [0.3, 0.4) is 0 Å². The molecule has 2 heterocycles. The van der Waals surface area contributed by atoms with Gasteiger partial charge in [-0.1, -0.05) is 11.6 Å². The van der Waals surface area contributed by atoms with Gasteiger partial charge < -0.3 is 19.7 Å². The van der Waals surface area contributed by atoms with Crippen LogP contribution in [-0.2, 0) is 9.47 Å². The molecule has 0 aliphatic carbocycles. The maximum atomic E-state index is 11.6. The summed E-state index contributed by atoms with van der Waals surface area (Å²) >= 11 is 6.22. The highest BCUT2D eigenvalue weighted by atomic mass is 35.5. The van der Waals surface area contributed by atoms with Crippen LogP contribution in [-0.4, -0.2) is 62.1 Å². The third-order valence-corrected chi connectivity index (χ3v) is 4.75. The summed E-state index contributed by atoms with van der Waals surface area (Å²) in [4.78, 5) is 20.5. The number of carbonyl (C=O) groups excluding carboxylic acids is 1. The number of benzene rings is 1. The number of carbonyl (C=O) groups is 1. The van der Waals surface area contributed by atoms with Crippen LogP contribution in [0.25, 0.3) is 0 Å². The third kappa shape index (κ3) is 5.58. The minimum atomic E-state index is -0.309. The predicted molar refractivity (Wildman–Crippen MR) is 110 cm³/mol. The van der Waals surface area contributed by atoms with Gasteiger partial charge in [-0.05, 0) is 43.3 Å². The molecule has 0 saturated carbocycles. The smallest absolute Gasteiger partial charge is 0.338 e. The number of nitrogens with one attached hydrogen (secondary N) is 1. The second kappa shape index (κ2) is 10.3. The monoisotopic (exact) mass is 404 g/mol. The van der Waals surface area contributed by atoms with E-state index in [1.165, 1.54) is 0 Å². The van der Waals surface area contributed by atoms with Gasteiger partial charge in [0.25, 0.3) is 0 Å². The van der Waals surface area contributed by atoms with Gasteiger partial charge in [-0.2, -0.15) is 0 Å². The average Bonchev–Trinajstić information content (AvgIpc) is 2.73. The maximum absolute atomic E-state index is 11.6. The molecular formula is C20H25ClN4O3. The number of pyridine rings is 1. The molecule has 0 atom stereocenters. The number of rotatable bonds is 8. The fourth-order valence-electron chi connectivity index (χ4n) is 2.95. The summed E-state index contributed by atoms with van der Waals surface area (Å²) in [6.45, 7) is 6.62. The number of aromatic nitrogens is 1. The molecule has 1 fully saturated rings. The van der Waals surface area contributed by atoms with Gasteiger partial charge in [-0.15, -0.1) is 0 Å². The minimum Gasteiger partial charge on any atom is -0.462 e. The van der Waals surface area contributed by atoms with Gasteiger partial charge >= 0.3 is 5.97 Å². The van der Waals surface area contributed by atoms with E-state index in [1.54, 1.807) is 25.3 Å². The van der Waals surface area contributed by atoms with Crippen molar-refractivity contribution >= 4 is 29.1 Å². The number of hydrogen-bond donors (Lipinski definition) is 1. The first-order valence-electron chi connectivity index (χ1n) is 9.34. The summed E-state index contributed by atoms with van der Waals surface area (Å²) in [6, 6.07) is 10.9. The van der Waals surface area contributed by atoms with Crippen LogP contribution in [0.5, 0.6) is 0 Å². The van der Waals surface area contributed by atoms with Gasteiger partial charge in [0, 0.05) is 38.1 Å². The summed E-state index contributed by atoms with van der Waals surface area (Å²) in [5, 5.41) is 3.87. The van der Waals surface area contributed by atoms with Gasteiger partial charge in [0.05, 0.1) is 17.2 Å². The zero-order valence-corrected chi connectivity index (χ0v) is 16.7. The average molecular weight is 405 g/mol. The van der Waals surface area contributed by atoms with E-state index in [2.05, 4.69) is 20.1 Å². The molecule has 1 aliphatic heterocycles. The van der Waals surface area contributed by atoms with Gasteiger partial charge in [0.1, 0.15) is 19.3 Å². The van der Waals surface area contributed by atoms with Gasteiger partial charge in [-0.3, -0.25) is 4.90 Å². The van der Waals surface area contributed by atoms with Crippen LogP contribution in [0.2, 0.25) is 5.02 Å². The van der Waals surface area contributed by atoms with E-state index in [1.807, 2.05) is 24.3 Å². The molecule has 0 bridgehead atoms. The fraction of sp³-hybridized carbons (Fsp3) is 0.400. The summed E-state index contributed by atoms with van der Waals surface area (Å²) in [7, 11) is 0. The minimum absolute atomic E-state index is 0.309. The topological polar surface area (TPSA) is 66.9 Å². The Labute approximate surface area is 170 Å². The molecule has 1 aliphatic rings. The Morgan fingerprint density at radius 2 is 1.93 bits per heavy atom. The van der Waals surface area contributed by atoms with Crippen LogP contribution in [0, 0.1) is 0 Å². The van der Waals surface area contributed by atoms with Crippen molar-refractivity contribution in [1.29, 1.82) is 0 Å². The summed E-state index contributed by atoms with van der Waals surface area (Å²) in [5.74, 6) is 0.536. The lowest BCUT2D eigenvalue weighted by atomic mass is 10.2. The van der Waals surface area contributed by atoms with Crippen molar-refractivity contribution < 1.29 is 14.3 Å². The van der Waals surface area contributed by atoms with E-state index in [9.17, 15) is 4.79 Å². The van der Waals surface area contributed by atoms with E-state index in [0.717, 1.165) is 37.7 Å². The zero-order chi connectivity index (χ0) is 19.8. The molecule has 1 aromatic heterocycles. The van der Waals surface area contributed by atoms with Gasteiger partial charge in [0.2, 0.25) is 0 Å². The largest absolute Gasteiger partial charge is 0.462 e. The van der Waals surface area contributed by atoms with Crippen molar-refractivity contribution in [2.75, 3.05) is 56.5 Å². The Morgan fingerprint density at radius 3 is 2.61 bits per heavy atom. The molecule has 1 N–H and O–H groups in total. The Bertz CT molecular complexity index is 764. The summed E-state index contributed by atoms with van der Waals surface area (Å²) in [6.07, 6.45) is 1.77. The lowest BCUT2D eigenvalue weighted by Gasteiger charge is -2.35. The fourth-order valence-corrected chi connectivity index (χ4v) is 3.19. The van der Waals surface area contributed by atoms with Crippen LogP contribution < -0.4 is 10.2 Å². The second-order valence-electron chi connectivity index (χ2n) is 6.37. The maximum Gasteiger partial charge on any atom is 0.338 e. The first-order valence-corrected chi connectivity index (χ1v) is 9.72. The summed E-state index contributed by atoms with van der Waals surface area (Å²) in [5.41, 5.74) is 1.43. The normalized spacial score (nSPS) is 14.7. The second-order valence-corrected chi connectivity index (χ2v) is 6.77. The number of esters is 1. The van der Waals surface area contributed by atoms with Gasteiger partial charge in [0.15, 0.2) is 0 Å². The van der Waals surface area contributed by atoms with Gasteiger partial charge in [-0.25, -0.2) is 9.78 Å². The standard InChI is InChI=1S/C20H25ClN4O3/c1-2-28-20(26)16-5-7-17(8-6-16)23-14-27-15-24-10-12-25(13-11-24)19-18(21)4-3-9-22-19/h3-9,23H,2,10-15H2,1H3. The molecule has 7 nitrogen and oxygen atoms in total. The van der Waals surface area contributed by atoms with Crippen LogP contribution in [0.4, 0.5) is 11.5 Å². The first-order chi connectivity index (χ1) is 13.7. The molecule has 0 amide bonds. The Morgan fingerprint density at radius 1 is 1.18 bits per heavy atom. The molecule has 28 heavy (non-hydrogen) atoms. The number of nitrogens with zero attached hydrogens (tertiary/aromatic N) is 3. The van der Waals surface area contributed by atoms with Crippen molar-refractivity contribution in [1.82, 2.24) is 9.88 Å². The number of halogens is 1. The molecule has 1 aromatic carbocycles. The van der Waals surface area contributed by atoms with Crippen LogP contribution in [0.15, 0.2) is 42.6 Å². The Kier molecular flexibility index (Phi) is 7.47. The van der Waals surface area contributed by atoms with E-state index in [4.69, 9.17) is 21.1 Å². The molecule has 8 heteroatoms. The Hall–Kier alpha value is -2.35. The van der Waals surface area contributed by atoms with Crippen LogP contribution >= 0.6 is 11.6 Å². The van der Waals surface area contributed by atoms with Crippen molar-refractivity contribution in [3.05, 3.63) is 53.2 Å². The van der Waals surface area contributed by atoms with Crippen molar-refractivity contribution in [2.24, 2.45) is 0 Å². The highest BCUT2D eigenvalue weighted by molar-refractivity contribution is 6.32. The van der Waals surface area contributed by atoms with E-state index in [0.29, 0.717) is 30.7 Å². The highest BCUT2D eigenvalue weighted by Gasteiger charge is 2.19. The first kappa shape index (κ1) is 20.4. The Balaban J connectivity index is 1.35. The highest BCUT2D eigenvalue weighted by Crippen LogP contribution is 2.23. The predicted octanol–water partition coefficient (Wildman–Crippen LogP) is 3.08. The number of anilines is 2. The van der Waals surface area contributed by atoms with E-state index >= 15 is 0 Å². The number of ether oxygens (including phenoxy) is 2. The molecule has 150 valence electrons. The zero-order valence-electron chi connectivity index (χ0n) is 15.9. The SMILES string of the molecule is CCOC(=O)c1ccc(NCOCN2CCN(c3ncccc3Cl)CC2)cc1. The molecule has 1 saturated heterocycles. The summed E-state index contributed by atoms with van der Waals surface area (Å²) < 4.78 is 10.7. The third-order valence-electron chi connectivity index (χ3n) is 4.46. The van der Waals surface area contributed by atoms with Crippen molar-refractivity contribution in [2.45, 2.75) is 6.92 Å². The molecule has 0 spiro atoms. The molecule has 0 radical (unpaired) electrons. The quantitative estimate of drug-likeness (QED) is 0.412. The van der Waals surface area contributed by atoms with E-state index < -0.39 is 0 Å². The van der Waals surface area contributed by atoms with Crippen molar-refractivity contribution in [3.63, 3.8) is 0 Å².